The largest absolute Gasteiger partial charge is 0.293 e. The average Bonchev–Trinajstić information content (AvgIpc) is 3.54. The Bertz CT molecular complexity index is 1470. The number of aromatic nitrogens is 4. The summed E-state index contributed by atoms with van der Waals surface area (Å²) in [6, 6.07) is 34.4. The molecule has 0 amide bonds. The van der Waals surface area contributed by atoms with Gasteiger partial charge in [-0.05, 0) is 15.8 Å². The Labute approximate surface area is 209 Å². The molecule has 0 spiro atoms. The van der Waals surface area contributed by atoms with Gasteiger partial charge in [-0.3, -0.25) is 14.6 Å². The number of fused-ring (bicyclic) bond motifs is 1. The Morgan fingerprint density at radius 1 is 0.727 bits per heavy atom. The first-order valence-electron chi connectivity index (χ1n) is 10.3. The first kappa shape index (κ1) is 21.4. The number of benzene rings is 4. The van der Waals surface area contributed by atoms with E-state index in [1.165, 1.54) is 0 Å². The second-order valence-electron chi connectivity index (χ2n) is 7.35. The molecule has 0 aliphatic carbocycles. The van der Waals surface area contributed by atoms with Crippen LogP contribution >= 0.6 is 11.3 Å². The first-order valence-corrected chi connectivity index (χ1v) is 11.2. The fourth-order valence-corrected chi connectivity index (χ4v) is 4.73. The van der Waals surface area contributed by atoms with Crippen LogP contribution in [0.25, 0.3) is 49.5 Å². The van der Waals surface area contributed by atoms with Gasteiger partial charge in [0.05, 0.1) is 17.0 Å². The molecule has 0 unspecified atom stereocenters. The SMILES string of the molecule is [Ir].[c-]1ccc2scnc2c1-c1ncnn1-c1c(-c2ccccc2)cccc1-c1ccccc1. The van der Waals surface area contributed by atoms with Crippen LogP contribution in [0.4, 0.5) is 0 Å². The summed E-state index contributed by atoms with van der Waals surface area (Å²) in [7, 11) is 0. The van der Waals surface area contributed by atoms with Crippen LogP contribution in [0.2, 0.25) is 0 Å². The molecule has 0 atom stereocenters. The summed E-state index contributed by atoms with van der Waals surface area (Å²) >= 11 is 1.61. The molecule has 0 aliphatic heterocycles. The summed E-state index contributed by atoms with van der Waals surface area (Å²) in [6.07, 6.45) is 1.60. The second kappa shape index (κ2) is 9.20. The minimum atomic E-state index is 0. The van der Waals surface area contributed by atoms with Crippen molar-refractivity contribution in [1.82, 2.24) is 19.7 Å². The molecular weight excluding hydrogens is 605 g/mol. The van der Waals surface area contributed by atoms with Crippen molar-refractivity contribution < 1.29 is 20.1 Å². The molecule has 0 saturated heterocycles. The van der Waals surface area contributed by atoms with Crippen LogP contribution in [0.15, 0.2) is 103 Å². The molecule has 161 valence electrons. The van der Waals surface area contributed by atoms with Crippen LogP contribution in [0.5, 0.6) is 0 Å². The molecule has 0 bridgehead atoms. The Balaban J connectivity index is 0.00000228. The van der Waals surface area contributed by atoms with Crippen LogP contribution in [0.3, 0.4) is 0 Å². The summed E-state index contributed by atoms with van der Waals surface area (Å²) in [5.41, 5.74) is 9.01. The maximum Gasteiger partial charge on any atom is 0.127 e. The van der Waals surface area contributed by atoms with Crippen LogP contribution in [0.1, 0.15) is 0 Å². The van der Waals surface area contributed by atoms with Gasteiger partial charge in [0.25, 0.3) is 0 Å². The van der Waals surface area contributed by atoms with Crippen molar-refractivity contribution in [2.75, 3.05) is 0 Å². The Morgan fingerprint density at radius 3 is 2.06 bits per heavy atom. The van der Waals surface area contributed by atoms with Gasteiger partial charge >= 0.3 is 0 Å². The molecule has 4 aromatic carbocycles. The van der Waals surface area contributed by atoms with E-state index in [0.717, 1.165) is 49.5 Å². The molecule has 0 saturated carbocycles. The van der Waals surface area contributed by atoms with Crippen LogP contribution in [-0.4, -0.2) is 19.7 Å². The Kier molecular flexibility index (Phi) is 5.97. The predicted molar refractivity (Wildman–Crippen MR) is 130 cm³/mol. The van der Waals surface area contributed by atoms with Crippen molar-refractivity contribution in [2.45, 2.75) is 0 Å². The zero-order valence-electron chi connectivity index (χ0n) is 17.3. The summed E-state index contributed by atoms with van der Waals surface area (Å²) in [4.78, 5) is 9.22. The topological polar surface area (TPSA) is 43.6 Å². The van der Waals surface area contributed by atoms with Crippen molar-refractivity contribution in [3.05, 3.63) is 109 Å². The predicted octanol–water partition coefficient (Wildman–Crippen LogP) is 6.68. The van der Waals surface area contributed by atoms with E-state index in [0.29, 0.717) is 0 Å². The van der Waals surface area contributed by atoms with E-state index in [9.17, 15) is 0 Å². The number of rotatable bonds is 4. The Hall–Kier alpha value is -3.44. The van der Waals surface area contributed by atoms with Crippen LogP contribution in [0, 0.1) is 6.07 Å². The zero-order valence-corrected chi connectivity index (χ0v) is 20.6. The van der Waals surface area contributed by atoms with Gasteiger partial charge in [-0.25, -0.2) is 0 Å². The van der Waals surface area contributed by atoms with E-state index in [1.807, 2.05) is 34.5 Å². The smallest absolute Gasteiger partial charge is 0.127 e. The summed E-state index contributed by atoms with van der Waals surface area (Å²) in [5, 5.41) is 4.69. The number of thiazole rings is 1. The van der Waals surface area contributed by atoms with Gasteiger partial charge in [0.1, 0.15) is 6.33 Å². The van der Waals surface area contributed by atoms with E-state index in [-0.39, 0.29) is 20.1 Å². The van der Waals surface area contributed by atoms with Gasteiger partial charge in [-0.2, -0.15) is 5.10 Å². The molecule has 2 aromatic heterocycles. The number of hydrogen-bond acceptors (Lipinski definition) is 4. The first-order chi connectivity index (χ1) is 15.9. The number of para-hydroxylation sites is 1. The van der Waals surface area contributed by atoms with Gasteiger partial charge in [-0.1, -0.05) is 84.4 Å². The maximum atomic E-state index is 4.69. The van der Waals surface area contributed by atoms with Crippen LogP contribution < -0.4 is 0 Å². The summed E-state index contributed by atoms with van der Waals surface area (Å²) < 4.78 is 3.03. The summed E-state index contributed by atoms with van der Waals surface area (Å²) in [5.74, 6) is 0.724. The fourth-order valence-electron chi connectivity index (χ4n) is 4.05. The normalized spacial score (nSPS) is 10.8. The van der Waals surface area contributed by atoms with Crippen molar-refractivity contribution in [3.8, 4) is 39.3 Å². The number of hydrogen-bond donors (Lipinski definition) is 0. The third-order valence-electron chi connectivity index (χ3n) is 5.48. The molecule has 33 heavy (non-hydrogen) atoms. The molecule has 0 aliphatic rings. The standard InChI is InChI=1S/C27H17N4S.Ir/c1-3-9-19(10-4-1)21-13-7-14-22(20-11-5-2-6-12-20)26(21)31-27(28-17-30-31)23-15-8-16-24-25(23)29-18-32-24;/h1-14,16-18H;/q-1;. The van der Waals surface area contributed by atoms with E-state index in [1.54, 1.807) is 17.7 Å². The molecule has 6 rings (SSSR count). The molecule has 4 nitrogen and oxygen atoms in total. The van der Waals surface area contributed by atoms with Gasteiger partial charge in [0.2, 0.25) is 0 Å². The quantitative estimate of drug-likeness (QED) is 0.207. The van der Waals surface area contributed by atoms with E-state index < -0.39 is 0 Å². The summed E-state index contributed by atoms with van der Waals surface area (Å²) in [6.45, 7) is 0. The van der Waals surface area contributed by atoms with Crippen molar-refractivity contribution in [1.29, 1.82) is 0 Å². The molecule has 6 aromatic rings. The molecule has 1 radical (unpaired) electrons. The van der Waals surface area contributed by atoms with Crippen molar-refractivity contribution in [2.24, 2.45) is 0 Å². The minimum Gasteiger partial charge on any atom is -0.293 e. The van der Waals surface area contributed by atoms with Gasteiger partial charge in [0.15, 0.2) is 0 Å². The third kappa shape index (κ3) is 3.83. The zero-order chi connectivity index (χ0) is 21.3. The van der Waals surface area contributed by atoms with Crippen LogP contribution in [-0.2, 0) is 20.1 Å². The molecule has 6 heteroatoms. The average molecular weight is 622 g/mol. The maximum absolute atomic E-state index is 4.69. The third-order valence-corrected chi connectivity index (χ3v) is 6.28. The van der Waals surface area contributed by atoms with Gasteiger partial charge in [-0.15, -0.1) is 29.5 Å². The molecule has 2 heterocycles. The van der Waals surface area contributed by atoms with Crippen molar-refractivity contribution in [3.63, 3.8) is 0 Å². The van der Waals surface area contributed by atoms with Crippen molar-refractivity contribution >= 4 is 21.6 Å². The molecular formula is C27H17IrN4S-. The molecule has 0 fully saturated rings. The van der Waals surface area contributed by atoms with E-state index >= 15 is 0 Å². The second-order valence-corrected chi connectivity index (χ2v) is 8.23. The van der Waals surface area contributed by atoms with Gasteiger partial charge in [0, 0.05) is 36.7 Å². The van der Waals surface area contributed by atoms with E-state index in [4.69, 9.17) is 0 Å². The monoisotopic (exact) mass is 622 g/mol. The minimum absolute atomic E-state index is 0. The Morgan fingerprint density at radius 2 is 1.39 bits per heavy atom. The fraction of sp³-hybridized carbons (Fsp3) is 0. The van der Waals surface area contributed by atoms with Gasteiger partial charge < -0.3 is 0 Å². The molecule has 0 N–H and O–H groups in total. The number of nitrogens with zero attached hydrogens (tertiary/aromatic N) is 4. The van der Waals surface area contributed by atoms with E-state index in [2.05, 4.69) is 87.9 Å².